The monoisotopic (exact) mass is 151 g/mol. The second-order valence-corrected chi connectivity index (χ2v) is 3.13. The van der Waals surface area contributed by atoms with Crippen molar-refractivity contribution >= 4 is 10.9 Å². The molecule has 1 N–H and O–H groups in total. The molecule has 0 aliphatic carbocycles. The predicted octanol–water partition coefficient (Wildman–Crippen LogP) is -1.42. The molecule has 1 rings (SSSR count). The van der Waals surface area contributed by atoms with Gasteiger partial charge in [0.25, 0.3) is 0 Å². The molecule has 0 amide bonds. The number of thiol groups is 1. The van der Waals surface area contributed by atoms with Crippen LogP contribution in [0.4, 0.5) is 0 Å². The van der Waals surface area contributed by atoms with Gasteiger partial charge in [0.05, 0.1) is 6.10 Å². The number of aliphatic hydroxyl groups excluding tert-OH is 1. The highest BCUT2D eigenvalue weighted by molar-refractivity contribution is 7.69. The highest BCUT2D eigenvalue weighted by Crippen LogP contribution is 2.07. The molecule has 0 saturated carbocycles. The first-order chi connectivity index (χ1) is 4.20. The molecule has 0 aromatic rings. The van der Waals surface area contributed by atoms with Crippen LogP contribution in [-0.2, 0) is 10.9 Å². The highest BCUT2D eigenvalue weighted by Gasteiger charge is 2.21. The molecular weight excluding hydrogens is 142 g/mol. The molecule has 0 unspecified atom stereocenters. The van der Waals surface area contributed by atoms with Crippen LogP contribution in [0.25, 0.3) is 0 Å². The Hall–Kier alpha value is -0.130. The SMILES string of the molecule is O=[SH](=O)N1CC[C@H](O)C1. The van der Waals surface area contributed by atoms with E-state index >= 15 is 0 Å². The molecule has 1 fully saturated rings. The zero-order valence-corrected chi connectivity index (χ0v) is 5.75. The van der Waals surface area contributed by atoms with Gasteiger partial charge in [0.1, 0.15) is 0 Å². The van der Waals surface area contributed by atoms with Gasteiger partial charge in [-0.05, 0) is 6.42 Å². The summed E-state index contributed by atoms with van der Waals surface area (Å²) in [5.74, 6) is 0. The molecule has 0 spiro atoms. The molecule has 1 atom stereocenters. The molecule has 0 bridgehead atoms. The second kappa shape index (κ2) is 2.64. The fraction of sp³-hybridized carbons (Fsp3) is 1.00. The van der Waals surface area contributed by atoms with Crippen molar-refractivity contribution in [3.8, 4) is 0 Å². The maximum absolute atomic E-state index is 10.2. The third-order valence-corrected chi connectivity index (χ3v) is 2.20. The summed E-state index contributed by atoms with van der Waals surface area (Å²) >= 11 is 0. The van der Waals surface area contributed by atoms with Crippen LogP contribution in [0.3, 0.4) is 0 Å². The van der Waals surface area contributed by atoms with Gasteiger partial charge in [0, 0.05) is 13.1 Å². The van der Waals surface area contributed by atoms with Gasteiger partial charge in [0.2, 0.25) is 10.9 Å². The molecule has 1 aliphatic heterocycles. The largest absolute Gasteiger partial charge is 0.392 e. The summed E-state index contributed by atoms with van der Waals surface area (Å²) in [5, 5.41) is 8.84. The molecule has 0 aromatic heterocycles. The van der Waals surface area contributed by atoms with E-state index in [9.17, 15) is 8.42 Å². The van der Waals surface area contributed by atoms with Gasteiger partial charge in [-0.1, -0.05) is 0 Å². The Morgan fingerprint density at radius 2 is 2.22 bits per heavy atom. The van der Waals surface area contributed by atoms with Crippen LogP contribution >= 0.6 is 0 Å². The third kappa shape index (κ3) is 1.64. The lowest BCUT2D eigenvalue weighted by molar-refractivity contribution is 0.189. The lowest BCUT2D eigenvalue weighted by atomic mass is 10.3. The molecule has 5 heteroatoms. The molecule has 54 valence electrons. The van der Waals surface area contributed by atoms with Gasteiger partial charge in [-0.2, -0.15) is 0 Å². The van der Waals surface area contributed by atoms with Crippen LogP contribution in [0.15, 0.2) is 0 Å². The van der Waals surface area contributed by atoms with E-state index in [0.29, 0.717) is 13.0 Å². The van der Waals surface area contributed by atoms with Gasteiger partial charge in [-0.3, -0.25) is 0 Å². The molecule has 1 saturated heterocycles. The normalized spacial score (nSPS) is 29.8. The van der Waals surface area contributed by atoms with Crippen molar-refractivity contribution in [1.29, 1.82) is 0 Å². The van der Waals surface area contributed by atoms with Gasteiger partial charge in [-0.15, -0.1) is 0 Å². The number of hydrogen-bond donors (Lipinski definition) is 2. The van der Waals surface area contributed by atoms with E-state index in [2.05, 4.69) is 0 Å². The Bertz CT molecular complexity index is 159. The average Bonchev–Trinajstić information content (AvgIpc) is 2.14. The van der Waals surface area contributed by atoms with E-state index in [-0.39, 0.29) is 6.54 Å². The van der Waals surface area contributed by atoms with Crippen LogP contribution in [0.1, 0.15) is 6.42 Å². The molecule has 0 radical (unpaired) electrons. The zero-order valence-electron chi connectivity index (χ0n) is 4.86. The Morgan fingerprint density at radius 1 is 1.56 bits per heavy atom. The first kappa shape index (κ1) is 6.98. The first-order valence-corrected chi connectivity index (χ1v) is 3.90. The second-order valence-electron chi connectivity index (χ2n) is 2.09. The minimum absolute atomic E-state index is 0.276. The van der Waals surface area contributed by atoms with Crippen LogP contribution in [0.5, 0.6) is 0 Å². The summed E-state index contributed by atoms with van der Waals surface area (Å²) < 4.78 is 21.6. The lowest BCUT2D eigenvalue weighted by Crippen LogP contribution is -2.19. The first-order valence-electron chi connectivity index (χ1n) is 2.77. The van der Waals surface area contributed by atoms with E-state index in [0.717, 1.165) is 0 Å². The topological polar surface area (TPSA) is 57.6 Å². The van der Waals surface area contributed by atoms with Crippen molar-refractivity contribution in [2.45, 2.75) is 12.5 Å². The summed E-state index contributed by atoms with van der Waals surface area (Å²) in [6.07, 6.45) is 0.126. The molecule has 1 aliphatic rings. The standard InChI is InChI=1S/C4H9NO3S/c6-4-1-2-5(3-4)9(7)8/h4,6,9H,1-3H2/t4-/m0/s1. The van der Waals surface area contributed by atoms with Crippen LogP contribution in [0, 0.1) is 0 Å². The van der Waals surface area contributed by atoms with E-state index in [1.807, 2.05) is 0 Å². The predicted molar refractivity (Wildman–Crippen MR) is 32.5 cm³/mol. The number of hydrogen-bond acceptors (Lipinski definition) is 3. The van der Waals surface area contributed by atoms with E-state index in [4.69, 9.17) is 5.11 Å². The molecule has 9 heavy (non-hydrogen) atoms. The van der Waals surface area contributed by atoms with Gasteiger partial charge in [0.15, 0.2) is 0 Å². The van der Waals surface area contributed by atoms with Crippen molar-refractivity contribution < 1.29 is 13.5 Å². The number of β-amino-alcohol motifs (C(OH)–C–C–N with tert-alkyl or cyclic N) is 1. The number of rotatable bonds is 1. The average molecular weight is 151 g/mol. The summed E-state index contributed by atoms with van der Waals surface area (Å²) in [6, 6.07) is 0. The molecular formula is C4H9NO3S. The van der Waals surface area contributed by atoms with Crippen molar-refractivity contribution in [3.63, 3.8) is 0 Å². The maximum atomic E-state index is 10.2. The van der Waals surface area contributed by atoms with Crippen LogP contribution in [-0.4, -0.2) is 37.0 Å². The number of aliphatic hydroxyl groups is 1. The smallest absolute Gasteiger partial charge is 0.204 e. The fourth-order valence-electron chi connectivity index (χ4n) is 0.872. The van der Waals surface area contributed by atoms with Crippen molar-refractivity contribution in [2.24, 2.45) is 0 Å². The third-order valence-electron chi connectivity index (χ3n) is 1.37. The van der Waals surface area contributed by atoms with Gasteiger partial charge >= 0.3 is 0 Å². The minimum Gasteiger partial charge on any atom is -0.392 e. The summed E-state index contributed by atoms with van der Waals surface area (Å²) in [5.41, 5.74) is 0. The summed E-state index contributed by atoms with van der Waals surface area (Å²) in [4.78, 5) is 0. The van der Waals surface area contributed by atoms with E-state index in [1.54, 1.807) is 0 Å². The van der Waals surface area contributed by atoms with E-state index < -0.39 is 17.0 Å². The summed E-state index contributed by atoms with van der Waals surface area (Å²) in [7, 11) is -2.45. The van der Waals surface area contributed by atoms with Crippen LogP contribution < -0.4 is 0 Å². The van der Waals surface area contributed by atoms with Crippen molar-refractivity contribution in [1.82, 2.24) is 4.31 Å². The zero-order chi connectivity index (χ0) is 6.85. The quantitative estimate of drug-likeness (QED) is 0.452. The fourth-order valence-corrected chi connectivity index (χ4v) is 1.47. The molecule has 4 nitrogen and oxygen atoms in total. The summed E-state index contributed by atoms with van der Waals surface area (Å²) in [6.45, 7) is 0.749. The van der Waals surface area contributed by atoms with Gasteiger partial charge in [-0.25, -0.2) is 12.7 Å². The molecule has 0 aromatic carbocycles. The van der Waals surface area contributed by atoms with Gasteiger partial charge < -0.3 is 5.11 Å². The Balaban J connectivity index is 2.48. The highest BCUT2D eigenvalue weighted by atomic mass is 32.2. The van der Waals surface area contributed by atoms with E-state index in [1.165, 1.54) is 4.31 Å². The number of nitrogens with zero attached hydrogens (tertiary/aromatic N) is 1. The lowest BCUT2D eigenvalue weighted by Gasteiger charge is -2.02. The Labute approximate surface area is 55.2 Å². The van der Waals surface area contributed by atoms with Crippen molar-refractivity contribution in [2.75, 3.05) is 13.1 Å². The Morgan fingerprint density at radius 3 is 2.44 bits per heavy atom. The maximum Gasteiger partial charge on any atom is 0.204 e. The minimum atomic E-state index is -2.45. The van der Waals surface area contributed by atoms with Crippen molar-refractivity contribution in [3.05, 3.63) is 0 Å². The molecule has 1 heterocycles. The Kier molecular flexibility index (Phi) is 2.05. The van der Waals surface area contributed by atoms with Crippen LogP contribution in [0.2, 0.25) is 0 Å².